The topological polar surface area (TPSA) is 67.2 Å². The van der Waals surface area contributed by atoms with Gasteiger partial charge in [-0.2, -0.15) is 5.10 Å². The average molecular weight is 455 g/mol. The van der Waals surface area contributed by atoms with E-state index < -0.39 is 0 Å². The molecule has 0 radical (unpaired) electrons. The first-order chi connectivity index (χ1) is 13.1. The lowest BCUT2D eigenvalue weighted by molar-refractivity contribution is -0.118. The monoisotopic (exact) mass is 454 g/mol. The highest BCUT2D eigenvalue weighted by molar-refractivity contribution is 8.03. The van der Waals surface area contributed by atoms with Gasteiger partial charge in [0.1, 0.15) is 0 Å². The number of benzene rings is 1. The fourth-order valence-electron chi connectivity index (χ4n) is 1.89. The molecule has 0 saturated carbocycles. The second kappa shape index (κ2) is 10.2. The highest BCUT2D eigenvalue weighted by Crippen LogP contribution is 2.30. The molecule has 5 nitrogen and oxygen atoms in total. The van der Waals surface area contributed by atoms with Gasteiger partial charge in [0.05, 0.1) is 12.0 Å². The number of carbonyl (C=O) groups is 1. The number of nitrogens with one attached hydrogen (secondary N) is 1. The lowest BCUT2D eigenvalue weighted by Gasteiger charge is -1.98. The molecule has 1 amide bonds. The summed E-state index contributed by atoms with van der Waals surface area (Å²) in [6.07, 6.45) is 1.65. The quantitative estimate of drug-likeness (QED) is 0.291. The molecule has 3 rings (SSSR count). The predicted molar refractivity (Wildman–Crippen MR) is 116 cm³/mol. The van der Waals surface area contributed by atoms with E-state index in [1.54, 1.807) is 29.3 Å². The number of aryl methyl sites for hydroxylation is 1. The Balaban J connectivity index is 1.40. The molecule has 27 heavy (non-hydrogen) atoms. The van der Waals surface area contributed by atoms with E-state index >= 15 is 0 Å². The zero-order valence-electron chi connectivity index (χ0n) is 14.2. The van der Waals surface area contributed by atoms with E-state index in [9.17, 15) is 4.79 Å². The summed E-state index contributed by atoms with van der Waals surface area (Å²) in [6, 6.07) is 11.7. The van der Waals surface area contributed by atoms with Crippen molar-refractivity contribution in [3.8, 4) is 0 Å². The summed E-state index contributed by atoms with van der Waals surface area (Å²) in [5.41, 5.74) is 3.70. The fraction of sp³-hybridized carbons (Fsp3) is 0.176. The van der Waals surface area contributed by atoms with Gasteiger partial charge in [0, 0.05) is 20.5 Å². The van der Waals surface area contributed by atoms with E-state index in [4.69, 9.17) is 11.6 Å². The molecule has 2 aromatic heterocycles. The van der Waals surface area contributed by atoms with E-state index in [1.807, 2.05) is 43.3 Å². The van der Waals surface area contributed by atoms with Crippen molar-refractivity contribution < 1.29 is 4.79 Å². The van der Waals surface area contributed by atoms with Crippen LogP contribution >= 0.6 is 57.8 Å². The van der Waals surface area contributed by atoms with Gasteiger partial charge in [-0.1, -0.05) is 58.6 Å². The number of nitrogens with zero attached hydrogens (tertiary/aromatic N) is 3. The third-order valence-electron chi connectivity index (χ3n) is 3.13. The van der Waals surface area contributed by atoms with Crippen molar-refractivity contribution in [1.29, 1.82) is 0 Å². The molecule has 0 spiro atoms. The van der Waals surface area contributed by atoms with Crippen LogP contribution in [0.15, 0.2) is 50.2 Å². The largest absolute Gasteiger partial charge is 0.272 e. The van der Waals surface area contributed by atoms with Crippen molar-refractivity contribution in [1.82, 2.24) is 15.6 Å². The van der Waals surface area contributed by atoms with Crippen molar-refractivity contribution in [3.05, 3.63) is 56.7 Å². The number of halogens is 1. The van der Waals surface area contributed by atoms with Crippen molar-refractivity contribution in [2.75, 3.05) is 5.75 Å². The number of hydrogen-bond acceptors (Lipinski definition) is 8. The van der Waals surface area contributed by atoms with E-state index in [0.717, 1.165) is 24.3 Å². The summed E-state index contributed by atoms with van der Waals surface area (Å²) in [5.74, 6) is 0.876. The van der Waals surface area contributed by atoms with Gasteiger partial charge in [0.2, 0.25) is 0 Å². The molecular weight excluding hydrogens is 440 g/mol. The van der Waals surface area contributed by atoms with Crippen LogP contribution in [0.2, 0.25) is 5.02 Å². The fourth-order valence-corrected chi connectivity index (χ4v) is 5.53. The molecule has 140 valence electrons. The Kier molecular flexibility index (Phi) is 7.71. The van der Waals surface area contributed by atoms with Crippen LogP contribution in [0, 0.1) is 6.92 Å². The van der Waals surface area contributed by atoms with Crippen LogP contribution in [0.5, 0.6) is 0 Å². The lowest BCUT2D eigenvalue weighted by atomic mass is 10.2. The number of hydrazone groups is 1. The minimum Gasteiger partial charge on any atom is -0.272 e. The minimum absolute atomic E-state index is 0.171. The maximum absolute atomic E-state index is 11.9. The van der Waals surface area contributed by atoms with E-state index in [1.165, 1.54) is 33.5 Å². The molecule has 1 N–H and O–H groups in total. The normalized spacial score (nSPS) is 11.2. The van der Waals surface area contributed by atoms with Gasteiger partial charge in [0.15, 0.2) is 8.68 Å². The number of thioether (sulfide) groups is 2. The Morgan fingerprint density at radius 3 is 2.59 bits per heavy atom. The molecule has 0 aliphatic carbocycles. The van der Waals surface area contributed by atoms with Gasteiger partial charge in [-0.25, -0.2) is 5.43 Å². The molecule has 2 heterocycles. The molecular formula is C17H15ClN4OS4. The average Bonchev–Trinajstić information content (AvgIpc) is 3.28. The van der Waals surface area contributed by atoms with Gasteiger partial charge in [-0.3, -0.25) is 4.79 Å². The van der Waals surface area contributed by atoms with Crippen LogP contribution in [-0.2, 0) is 10.5 Å². The molecule has 3 aromatic rings. The Hall–Kier alpha value is -1.39. The van der Waals surface area contributed by atoms with Gasteiger partial charge < -0.3 is 0 Å². The molecule has 10 heteroatoms. The first kappa shape index (κ1) is 20.3. The third kappa shape index (κ3) is 6.93. The van der Waals surface area contributed by atoms with Gasteiger partial charge in [-0.05, 0) is 36.8 Å². The molecule has 1 aromatic carbocycles. The van der Waals surface area contributed by atoms with Crippen LogP contribution in [0.4, 0.5) is 0 Å². The van der Waals surface area contributed by atoms with Crippen LogP contribution in [0.25, 0.3) is 0 Å². The highest BCUT2D eigenvalue weighted by Gasteiger charge is 2.08. The summed E-state index contributed by atoms with van der Waals surface area (Å²) in [5, 5.41) is 13.0. The Bertz CT molecular complexity index is 923. The number of thiophene rings is 1. The summed E-state index contributed by atoms with van der Waals surface area (Å²) < 4.78 is 1.64. The second-order valence-corrected chi connectivity index (χ2v) is 10.5. The Morgan fingerprint density at radius 1 is 1.15 bits per heavy atom. The molecule has 0 unspecified atom stereocenters. The molecule has 0 bridgehead atoms. The summed E-state index contributed by atoms with van der Waals surface area (Å²) >= 11 is 12.0. The summed E-state index contributed by atoms with van der Waals surface area (Å²) in [7, 11) is 0. The van der Waals surface area contributed by atoms with Crippen molar-refractivity contribution in [2.24, 2.45) is 5.10 Å². The molecule has 0 atom stereocenters. The van der Waals surface area contributed by atoms with Gasteiger partial charge >= 0.3 is 0 Å². The van der Waals surface area contributed by atoms with E-state index in [2.05, 4.69) is 20.7 Å². The van der Waals surface area contributed by atoms with Crippen molar-refractivity contribution in [3.63, 3.8) is 0 Å². The smallest absolute Gasteiger partial charge is 0.250 e. The first-order valence-electron chi connectivity index (χ1n) is 7.80. The number of aromatic nitrogens is 2. The van der Waals surface area contributed by atoms with Crippen LogP contribution in [0.1, 0.15) is 15.3 Å². The number of carbonyl (C=O) groups excluding carboxylic acids is 1. The van der Waals surface area contributed by atoms with E-state index in [0.29, 0.717) is 0 Å². The van der Waals surface area contributed by atoms with Crippen LogP contribution in [-0.4, -0.2) is 28.1 Å². The summed E-state index contributed by atoms with van der Waals surface area (Å²) in [4.78, 5) is 14.1. The standard InChI is InChI=1S/C17H15ClN4OS4/c1-11-2-7-14(26-11)8-19-20-15(23)10-25-17-22-21-16(27-17)24-9-12-3-5-13(18)6-4-12/h2-8H,9-10H2,1H3,(H,20,23). The Morgan fingerprint density at radius 2 is 1.89 bits per heavy atom. The maximum Gasteiger partial charge on any atom is 0.250 e. The lowest BCUT2D eigenvalue weighted by Crippen LogP contribution is -2.19. The number of rotatable bonds is 8. The highest BCUT2D eigenvalue weighted by atomic mass is 35.5. The third-order valence-corrected chi connectivity index (χ3v) is 7.58. The SMILES string of the molecule is Cc1ccc(C=NNC(=O)CSc2nnc(SCc3ccc(Cl)cc3)s2)s1. The predicted octanol–water partition coefficient (Wildman–Crippen LogP) is 5.10. The molecule has 0 saturated heterocycles. The first-order valence-corrected chi connectivity index (χ1v) is 11.8. The van der Waals surface area contributed by atoms with Gasteiger partial charge in [-0.15, -0.1) is 21.5 Å². The minimum atomic E-state index is -0.171. The molecule has 0 aliphatic rings. The van der Waals surface area contributed by atoms with E-state index in [-0.39, 0.29) is 11.7 Å². The zero-order valence-corrected chi connectivity index (χ0v) is 18.2. The van der Waals surface area contributed by atoms with Crippen molar-refractivity contribution in [2.45, 2.75) is 21.4 Å². The van der Waals surface area contributed by atoms with Crippen LogP contribution in [0.3, 0.4) is 0 Å². The molecule has 0 aliphatic heterocycles. The maximum atomic E-state index is 11.9. The van der Waals surface area contributed by atoms with Crippen LogP contribution < -0.4 is 5.43 Å². The number of hydrogen-bond donors (Lipinski definition) is 1. The summed E-state index contributed by atoms with van der Waals surface area (Å²) in [6.45, 7) is 2.03. The molecule has 0 fully saturated rings. The number of amides is 1. The van der Waals surface area contributed by atoms with Crippen molar-refractivity contribution >= 4 is 69.9 Å². The second-order valence-electron chi connectivity index (χ2n) is 5.28. The van der Waals surface area contributed by atoms with Gasteiger partial charge in [0.25, 0.3) is 5.91 Å². The Labute approximate surface area is 178 Å². The zero-order chi connectivity index (χ0) is 19.1.